The smallest absolute Gasteiger partial charge is 0.277 e. The second kappa shape index (κ2) is 7.31. The maximum atomic E-state index is 13.5. The molecule has 2 rings (SSSR count). The summed E-state index contributed by atoms with van der Waals surface area (Å²) in [5, 5.41) is 3.81. The number of carbonyl (C=O) groups is 1. The van der Waals surface area contributed by atoms with Gasteiger partial charge in [0.2, 0.25) is 0 Å². The predicted octanol–water partition coefficient (Wildman–Crippen LogP) is 2.88. The van der Waals surface area contributed by atoms with Crippen LogP contribution in [0.15, 0.2) is 53.6 Å². The second-order valence-electron chi connectivity index (χ2n) is 4.46. The van der Waals surface area contributed by atoms with Gasteiger partial charge in [-0.25, -0.2) is 14.2 Å². The van der Waals surface area contributed by atoms with E-state index in [1.54, 1.807) is 25.1 Å². The summed E-state index contributed by atoms with van der Waals surface area (Å²) in [6, 6.07) is 11.6. The van der Waals surface area contributed by atoms with Crippen LogP contribution in [0.4, 0.5) is 8.78 Å². The molecule has 0 unspecified atom stereocenters. The molecule has 6 heteroatoms. The largest absolute Gasteiger partial charge is 0.484 e. The molecule has 0 spiro atoms. The number of halogens is 2. The molecule has 2 aromatic carbocycles. The first-order valence-electron chi connectivity index (χ1n) is 6.52. The van der Waals surface area contributed by atoms with Gasteiger partial charge in [-0.2, -0.15) is 5.10 Å². The van der Waals surface area contributed by atoms with Gasteiger partial charge in [0.25, 0.3) is 5.91 Å². The van der Waals surface area contributed by atoms with Crippen LogP contribution >= 0.6 is 0 Å². The average Bonchev–Trinajstić information content (AvgIpc) is 2.51. The number of hydrogen-bond acceptors (Lipinski definition) is 3. The van der Waals surface area contributed by atoms with E-state index in [0.717, 1.165) is 0 Å². The summed E-state index contributed by atoms with van der Waals surface area (Å²) in [6.07, 6.45) is 0. The Morgan fingerprint density at radius 1 is 1.18 bits per heavy atom. The Balaban J connectivity index is 1.90. The number of carbonyl (C=O) groups excluding carboxylic acids is 1. The highest BCUT2D eigenvalue weighted by Gasteiger charge is 2.06. The summed E-state index contributed by atoms with van der Waals surface area (Å²) < 4.78 is 31.6. The number of hydrazone groups is 1. The Morgan fingerprint density at radius 3 is 2.68 bits per heavy atom. The van der Waals surface area contributed by atoms with E-state index in [-0.39, 0.29) is 12.4 Å². The van der Waals surface area contributed by atoms with Crippen molar-refractivity contribution in [2.75, 3.05) is 6.61 Å². The maximum absolute atomic E-state index is 13.5. The third-order valence-electron chi connectivity index (χ3n) is 2.78. The summed E-state index contributed by atoms with van der Waals surface area (Å²) >= 11 is 0. The van der Waals surface area contributed by atoms with Crippen LogP contribution in [0.25, 0.3) is 0 Å². The van der Waals surface area contributed by atoms with Crippen molar-refractivity contribution < 1.29 is 18.3 Å². The van der Waals surface area contributed by atoms with Gasteiger partial charge in [0, 0.05) is 11.6 Å². The number of nitrogens with zero attached hydrogens (tertiary/aromatic N) is 1. The monoisotopic (exact) mass is 304 g/mol. The van der Waals surface area contributed by atoms with Crippen LogP contribution in [0.3, 0.4) is 0 Å². The normalized spacial score (nSPS) is 11.1. The van der Waals surface area contributed by atoms with Crippen molar-refractivity contribution in [3.8, 4) is 5.75 Å². The van der Waals surface area contributed by atoms with Crippen molar-refractivity contribution in [2.24, 2.45) is 5.10 Å². The molecule has 2 aromatic rings. The van der Waals surface area contributed by atoms with Crippen molar-refractivity contribution in [2.45, 2.75) is 6.92 Å². The molecule has 0 radical (unpaired) electrons. The van der Waals surface area contributed by atoms with Crippen LogP contribution < -0.4 is 10.2 Å². The second-order valence-corrected chi connectivity index (χ2v) is 4.46. The minimum Gasteiger partial charge on any atom is -0.484 e. The molecule has 0 aromatic heterocycles. The van der Waals surface area contributed by atoms with Gasteiger partial charge in [-0.3, -0.25) is 4.79 Å². The van der Waals surface area contributed by atoms with Gasteiger partial charge in [-0.15, -0.1) is 0 Å². The molecule has 0 aliphatic heterocycles. The summed E-state index contributed by atoms with van der Waals surface area (Å²) in [7, 11) is 0. The topological polar surface area (TPSA) is 50.7 Å². The highest BCUT2D eigenvalue weighted by atomic mass is 19.1. The van der Waals surface area contributed by atoms with E-state index < -0.39 is 17.5 Å². The first-order valence-corrected chi connectivity index (χ1v) is 6.52. The summed E-state index contributed by atoms with van der Waals surface area (Å²) in [4.78, 5) is 11.6. The van der Waals surface area contributed by atoms with E-state index in [1.165, 1.54) is 30.3 Å². The van der Waals surface area contributed by atoms with Crippen LogP contribution in [0.5, 0.6) is 5.75 Å². The summed E-state index contributed by atoms with van der Waals surface area (Å²) in [5.74, 6) is -1.16. The fraction of sp³-hybridized carbons (Fsp3) is 0.125. The van der Waals surface area contributed by atoms with E-state index in [1.807, 2.05) is 0 Å². The van der Waals surface area contributed by atoms with Gasteiger partial charge < -0.3 is 4.74 Å². The number of nitrogens with one attached hydrogen (secondary N) is 1. The predicted molar refractivity (Wildman–Crippen MR) is 78.6 cm³/mol. The van der Waals surface area contributed by atoms with Crippen LogP contribution in [0.2, 0.25) is 0 Å². The Hall–Kier alpha value is -2.76. The number of ether oxygens (including phenoxy) is 1. The van der Waals surface area contributed by atoms with E-state index in [9.17, 15) is 13.6 Å². The molecule has 4 nitrogen and oxygen atoms in total. The molecule has 22 heavy (non-hydrogen) atoms. The molecule has 0 heterocycles. The lowest BCUT2D eigenvalue weighted by Crippen LogP contribution is -2.25. The van der Waals surface area contributed by atoms with Crippen LogP contribution in [-0.2, 0) is 4.79 Å². The van der Waals surface area contributed by atoms with Gasteiger partial charge in [0.1, 0.15) is 17.4 Å². The summed E-state index contributed by atoms with van der Waals surface area (Å²) in [5.41, 5.74) is 2.89. The van der Waals surface area contributed by atoms with Gasteiger partial charge in [-0.1, -0.05) is 24.3 Å². The molecule has 0 saturated carbocycles. The van der Waals surface area contributed by atoms with Gasteiger partial charge in [-0.05, 0) is 25.1 Å². The van der Waals surface area contributed by atoms with Gasteiger partial charge in [0.05, 0.1) is 5.71 Å². The molecule has 0 bridgehead atoms. The highest BCUT2D eigenvalue weighted by Crippen LogP contribution is 2.11. The lowest BCUT2D eigenvalue weighted by molar-refractivity contribution is -0.123. The molecular formula is C16H14F2N2O2. The van der Waals surface area contributed by atoms with Gasteiger partial charge in [0.15, 0.2) is 6.61 Å². The minimum absolute atomic E-state index is 0.241. The molecule has 114 valence electrons. The first-order chi connectivity index (χ1) is 10.6. The molecule has 0 aliphatic carbocycles. The lowest BCUT2D eigenvalue weighted by Gasteiger charge is -2.06. The van der Waals surface area contributed by atoms with E-state index >= 15 is 0 Å². The van der Waals surface area contributed by atoms with Crippen molar-refractivity contribution >= 4 is 11.6 Å². The molecule has 1 N–H and O–H groups in total. The van der Waals surface area contributed by atoms with Crippen molar-refractivity contribution in [1.82, 2.24) is 5.43 Å². The Labute approximate surface area is 126 Å². The third kappa shape index (κ3) is 4.37. The maximum Gasteiger partial charge on any atom is 0.277 e. The Bertz CT molecular complexity index is 702. The Kier molecular flexibility index (Phi) is 5.19. The van der Waals surface area contributed by atoms with Crippen LogP contribution in [0, 0.1) is 11.6 Å². The van der Waals surface area contributed by atoms with Crippen molar-refractivity contribution in [3.63, 3.8) is 0 Å². The number of benzene rings is 2. The fourth-order valence-electron chi connectivity index (χ4n) is 1.70. The standard InChI is InChI=1S/C16H14F2N2O2/c1-11(14-7-2-3-8-15(14)18)19-20-16(21)10-22-13-6-4-5-12(17)9-13/h2-9H,10H2,1H3,(H,20,21)/b19-11-. The molecule has 0 fully saturated rings. The van der Waals surface area contributed by atoms with E-state index in [0.29, 0.717) is 11.3 Å². The van der Waals surface area contributed by atoms with E-state index in [2.05, 4.69) is 10.5 Å². The fourth-order valence-corrected chi connectivity index (χ4v) is 1.70. The zero-order valence-electron chi connectivity index (χ0n) is 11.8. The zero-order valence-corrected chi connectivity index (χ0v) is 11.8. The minimum atomic E-state index is -0.528. The first kappa shape index (κ1) is 15.6. The molecule has 0 saturated heterocycles. The Morgan fingerprint density at radius 2 is 1.95 bits per heavy atom. The quantitative estimate of drug-likeness (QED) is 0.682. The molecule has 0 atom stereocenters. The molecule has 1 amide bonds. The number of amides is 1. The highest BCUT2D eigenvalue weighted by molar-refractivity contribution is 5.99. The average molecular weight is 304 g/mol. The number of hydrogen-bond donors (Lipinski definition) is 1. The van der Waals surface area contributed by atoms with Crippen molar-refractivity contribution in [1.29, 1.82) is 0 Å². The lowest BCUT2D eigenvalue weighted by atomic mass is 10.1. The van der Waals surface area contributed by atoms with Crippen molar-refractivity contribution in [3.05, 3.63) is 65.7 Å². The SMILES string of the molecule is C/C(=N/NC(=O)COc1cccc(F)c1)c1ccccc1F. The van der Waals surface area contributed by atoms with Crippen LogP contribution in [-0.4, -0.2) is 18.2 Å². The zero-order chi connectivity index (χ0) is 15.9. The summed E-state index contributed by atoms with van der Waals surface area (Å²) in [6.45, 7) is 1.25. The van der Waals surface area contributed by atoms with Gasteiger partial charge >= 0.3 is 0 Å². The van der Waals surface area contributed by atoms with Crippen LogP contribution in [0.1, 0.15) is 12.5 Å². The molecular weight excluding hydrogens is 290 g/mol. The molecule has 0 aliphatic rings. The number of rotatable bonds is 5. The van der Waals surface area contributed by atoms with E-state index in [4.69, 9.17) is 4.74 Å². The third-order valence-corrected chi connectivity index (χ3v) is 2.78.